The Bertz CT molecular complexity index is 873. The number of esters is 1. The van der Waals surface area contributed by atoms with Crippen molar-refractivity contribution in [2.75, 3.05) is 0 Å². The molecular formula is C29H39NO3. The van der Waals surface area contributed by atoms with Crippen LogP contribution in [-0.4, -0.2) is 33.7 Å². The Balaban J connectivity index is 2.56. The molecule has 4 atom stereocenters. The average Bonchev–Trinajstić information content (AvgIpc) is 2.79. The molecule has 0 aliphatic rings. The van der Waals surface area contributed by atoms with Gasteiger partial charge in [-0.05, 0) is 51.7 Å². The third-order valence-corrected chi connectivity index (χ3v) is 5.78. The summed E-state index contributed by atoms with van der Waals surface area (Å²) in [6.45, 7) is 16.0. The fourth-order valence-electron chi connectivity index (χ4n) is 4.14. The van der Waals surface area contributed by atoms with Gasteiger partial charge in [0.15, 0.2) is 0 Å². The average molecular weight is 450 g/mol. The van der Waals surface area contributed by atoms with E-state index in [1.54, 1.807) is 0 Å². The van der Waals surface area contributed by atoms with E-state index in [1.807, 2.05) is 63.2 Å². The number of allylic oxidation sites excluding steroid dienone is 1. The van der Waals surface area contributed by atoms with E-state index >= 15 is 0 Å². The van der Waals surface area contributed by atoms with E-state index in [1.165, 1.54) is 6.08 Å². The van der Waals surface area contributed by atoms with Gasteiger partial charge < -0.3 is 9.84 Å². The molecule has 2 aromatic rings. The predicted molar refractivity (Wildman–Crippen MR) is 136 cm³/mol. The first-order valence-electron chi connectivity index (χ1n) is 11.7. The first-order chi connectivity index (χ1) is 15.7. The van der Waals surface area contributed by atoms with Crippen LogP contribution in [0.25, 0.3) is 0 Å². The van der Waals surface area contributed by atoms with E-state index < -0.39 is 23.6 Å². The fourth-order valence-corrected chi connectivity index (χ4v) is 4.14. The summed E-state index contributed by atoms with van der Waals surface area (Å²) < 4.78 is 5.77. The third kappa shape index (κ3) is 7.99. The number of hydrogen-bond donors (Lipinski definition) is 1. The van der Waals surface area contributed by atoms with Gasteiger partial charge in [-0.25, -0.2) is 0 Å². The van der Waals surface area contributed by atoms with Crippen LogP contribution in [0.5, 0.6) is 0 Å². The smallest absolute Gasteiger partial charge is 0.314 e. The second-order valence-electron chi connectivity index (χ2n) is 9.46. The lowest BCUT2D eigenvalue weighted by molar-refractivity contribution is -0.167. The molecule has 0 radical (unpaired) electrons. The van der Waals surface area contributed by atoms with Crippen molar-refractivity contribution in [3.8, 4) is 0 Å². The summed E-state index contributed by atoms with van der Waals surface area (Å²) in [6.07, 6.45) is 3.62. The largest absolute Gasteiger partial charge is 0.460 e. The van der Waals surface area contributed by atoms with Crippen LogP contribution < -0.4 is 0 Å². The summed E-state index contributed by atoms with van der Waals surface area (Å²) >= 11 is 0. The molecule has 0 aromatic heterocycles. The molecule has 0 fully saturated rings. The second kappa shape index (κ2) is 12.5. The molecule has 0 aliphatic carbocycles. The van der Waals surface area contributed by atoms with Gasteiger partial charge in [0.25, 0.3) is 0 Å². The van der Waals surface area contributed by atoms with E-state index in [-0.39, 0.29) is 12.1 Å². The minimum Gasteiger partial charge on any atom is -0.460 e. The molecule has 0 saturated carbocycles. The van der Waals surface area contributed by atoms with Gasteiger partial charge in [-0.15, -0.1) is 13.2 Å². The maximum Gasteiger partial charge on any atom is 0.314 e. The molecule has 0 heterocycles. The van der Waals surface area contributed by atoms with Crippen molar-refractivity contribution >= 4 is 5.97 Å². The number of hydrogen-bond acceptors (Lipinski definition) is 4. The van der Waals surface area contributed by atoms with Gasteiger partial charge in [-0.3, -0.25) is 9.69 Å². The number of nitrogens with zero attached hydrogens (tertiary/aromatic N) is 1. The lowest BCUT2D eigenvalue weighted by Crippen LogP contribution is -2.50. The Kier molecular flexibility index (Phi) is 10.1. The van der Waals surface area contributed by atoms with Crippen LogP contribution in [0.1, 0.15) is 57.7 Å². The lowest BCUT2D eigenvalue weighted by Gasteiger charge is -2.42. The van der Waals surface area contributed by atoms with Gasteiger partial charge in [-0.1, -0.05) is 72.8 Å². The zero-order valence-electron chi connectivity index (χ0n) is 20.5. The SMILES string of the molecule is C=CCC[C@@H]([C@@H](C(=O)OC(C)(C)C)[C@@H](O)C=C)N(Cc1ccccc1)[C@@H](C)c1ccccc1. The van der Waals surface area contributed by atoms with Crippen molar-refractivity contribution in [2.45, 2.75) is 70.9 Å². The number of aliphatic hydroxyl groups is 1. The molecule has 1 N–H and O–H groups in total. The van der Waals surface area contributed by atoms with Crippen molar-refractivity contribution in [3.05, 3.63) is 97.1 Å². The summed E-state index contributed by atoms with van der Waals surface area (Å²) in [5.74, 6) is -1.20. The number of aliphatic hydroxyl groups excluding tert-OH is 1. The number of benzene rings is 2. The third-order valence-electron chi connectivity index (χ3n) is 5.78. The molecular weight excluding hydrogens is 410 g/mol. The van der Waals surface area contributed by atoms with Crippen LogP contribution in [0.3, 0.4) is 0 Å². The highest BCUT2D eigenvalue weighted by molar-refractivity contribution is 5.75. The van der Waals surface area contributed by atoms with E-state index in [4.69, 9.17) is 4.74 Å². The highest BCUT2D eigenvalue weighted by Crippen LogP contribution is 2.33. The Hall–Kier alpha value is -2.69. The zero-order valence-corrected chi connectivity index (χ0v) is 20.5. The van der Waals surface area contributed by atoms with Crippen LogP contribution >= 0.6 is 0 Å². The van der Waals surface area contributed by atoms with Gasteiger partial charge in [0, 0.05) is 18.6 Å². The minimum absolute atomic E-state index is 0.00294. The molecule has 33 heavy (non-hydrogen) atoms. The maximum atomic E-state index is 13.4. The van der Waals surface area contributed by atoms with Crippen LogP contribution in [-0.2, 0) is 16.1 Å². The highest BCUT2D eigenvalue weighted by atomic mass is 16.6. The minimum atomic E-state index is -1.03. The van der Waals surface area contributed by atoms with E-state index in [2.05, 4.69) is 49.2 Å². The number of rotatable bonds is 12. The molecule has 0 saturated heterocycles. The quantitative estimate of drug-likeness (QED) is 0.315. The van der Waals surface area contributed by atoms with Crippen molar-refractivity contribution in [3.63, 3.8) is 0 Å². The highest BCUT2D eigenvalue weighted by Gasteiger charge is 2.40. The predicted octanol–water partition coefficient (Wildman–Crippen LogP) is 6.09. The van der Waals surface area contributed by atoms with Crippen LogP contribution in [0.4, 0.5) is 0 Å². The van der Waals surface area contributed by atoms with Crippen LogP contribution in [0.15, 0.2) is 86.0 Å². The zero-order chi connectivity index (χ0) is 24.4. The summed E-state index contributed by atoms with van der Waals surface area (Å²) in [7, 11) is 0. The van der Waals surface area contributed by atoms with Crippen molar-refractivity contribution in [1.29, 1.82) is 0 Å². The van der Waals surface area contributed by atoms with Crippen LogP contribution in [0, 0.1) is 5.92 Å². The van der Waals surface area contributed by atoms with E-state index in [0.29, 0.717) is 19.4 Å². The number of ether oxygens (including phenoxy) is 1. The van der Waals surface area contributed by atoms with Gasteiger partial charge in [0.05, 0.1) is 6.10 Å². The Labute approximate surface area is 199 Å². The van der Waals surface area contributed by atoms with Gasteiger partial charge in [0.2, 0.25) is 0 Å². The van der Waals surface area contributed by atoms with Crippen LogP contribution in [0.2, 0.25) is 0 Å². The monoisotopic (exact) mass is 449 g/mol. The first kappa shape index (κ1) is 26.6. The fraction of sp³-hybridized carbons (Fsp3) is 0.414. The second-order valence-corrected chi connectivity index (χ2v) is 9.46. The van der Waals surface area contributed by atoms with Gasteiger partial charge >= 0.3 is 5.97 Å². The van der Waals surface area contributed by atoms with Crippen molar-refractivity contribution < 1.29 is 14.6 Å². The molecule has 2 aromatic carbocycles. The molecule has 0 aliphatic heterocycles. The molecule has 178 valence electrons. The standard InChI is InChI=1S/C29H39NO3/c1-7-9-20-25(27(26(31)8-2)28(32)33-29(4,5)6)30(21-23-16-12-10-13-17-23)22(3)24-18-14-11-15-19-24/h7-8,10-19,22,25-27,31H,1-2,9,20-21H2,3-6H3/t22-,25-,26-,27+/m0/s1. The summed E-state index contributed by atoms with van der Waals surface area (Å²) in [4.78, 5) is 15.7. The van der Waals surface area contributed by atoms with Crippen molar-refractivity contribution in [1.82, 2.24) is 4.90 Å². The topological polar surface area (TPSA) is 49.8 Å². The van der Waals surface area contributed by atoms with E-state index in [0.717, 1.165) is 11.1 Å². The molecule has 0 bridgehead atoms. The number of carbonyl (C=O) groups is 1. The Morgan fingerprint density at radius 3 is 2.15 bits per heavy atom. The first-order valence-corrected chi connectivity index (χ1v) is 11.7. The maximum absolute atomic E-state index is 13.4. The lowest BCUT2D eigenvalue weighted by atomic mass is 9.86. The van der Waals surface area contributed by atoms with Crippen molar-refractivity contribution in [2.24, 2.45) is 5.92 Å². The molecule has 4 heteroatoms. The molecule has 0 spiro atoms. The number of carbonyl (C=O) groups excluding carboxylic acids is 1. The molecule has 2 rings (SSSR count). The summed E-state index contributed by atoms with van der Waals surface area (Å²) in [6, 6.07) is 20.1. The molecule has 4 nitrogen and oxygen atoms in total. The van der Waals surface area contributed by atoms with Gasteiger partial charge in [-0.2, -0.15) is 0 Å². The molecule has 0 amide bonds. The van der Waals surface area contributed by atoms with Gasteiger partial charge in [0.1, 0.15) is 11.5 Å². The Morgan fingerprint density at radius 2 is 1.64 bits per heavy atom. The summed E-state index contributed by atoms with van der Waals surface area (Å²) in [5.41, 5.74) is 1.63. The normalized spacial score (nSPS) is 15.3. The Morgan fingerprint density at radius 1 is 1.06 bits per heavy atom. The summed E-state index contributed by atoms with van der Waals surface area (Å²) in [5, 5.41) is 11.0. The van der Waals surface area contributed by atoms with E-state index in [9.17, 15) is 9.90 Å². The molecule has 0 unspecified atom stereocenters.